The van der Waals surface area contributed by atoms with Gasteiger partial charge in [-0.3, -0.25) is 4.90 Å². The summed E-state index contributed by atoms with van der Waals surface area (Å²) < 4.78 is 97.5. The van der Waals surface area contributed by atoms with Crippen LogP contribution in [0.4, 0.5) is 38.0 Å². The summed E-state index contributed by atoms with van der Waals surface area (Å²) in [7, 11) is 0. The summed E-state index contributed by atoms with van der Waals surface area (Å²) in [5.41, 5.74) is 1.45. The van der Waals surface area contributed by atoms with E-state index < -0.39 is 51.9 Å². The Kier molecular flexibility index (Phi) is 6.58. The topological polar surface area (TPSA) is 92.4 Å². The molecule has 8 rings (SSSR count). The highest BCUT2D eigenvalue weighted by molar-refractivity contribution is 6.03. The van der Waals surface area contributed by atoms with Crippen molar-refractivity contribution in [2.45, 2.75) is 81.5 Å². The first-order chi connectivity index (χ1) is 21.8. The van der Waals surface area contributed by atoms with Gasteiger partial charge in [0, 0.05) is 43.2 Å². The molecule has 5 atom stereocenters. The number of rotatable bonds is 4. The molecular formula is C32H33F6N7O. The molecule has 0 radical (unpaired) electrons. The SMILES string of the molecule is C=C1C[C@H]2C3CC[C@@H](CN2c2nc(OC[C@@]45CCCN4C[C@H](F)C5)nc4c(F)c(-c5nc(N)cc(C)c5C(F)(F)F)c(F)c1c24)N3. The predicted molar refractivity (Wildman–Crippen MR) is 160 cm³/mol. The summed E-state index contributed by atoms with van der Waals surface area (Å²) in [5.74, 6) is -2.64. The second-order valence-corrected chi connectivity index (χ2v) is 13.5. The van der Waals surface area contributed by atoms with E-state index in [9.17, 15) is 17.6 Å². The molecule has 244 valence electrons. The predicted octanol–water partition coefficient (Wildman–Crippen LogP) is 5.56. The van der Waals surface area contributed by atoms with Crippen molar-refractivity contribution in [2.24, 2.45) is 0 Å². The van der Waals surface area contributed by atoms with E-state index in [1.807, 2.05) is 4.90 Å². The van der Waals surface area contributed by atoms with Gasteiger partial charge in [0.15, 0.2) is 5.82 Å². The fourth-order valence-corrected chi connectivity index (χ4v) is 8.70. The van der Waals surface area contributed by atoms with Crippen molar-refractivity contribution in [1.82, 2.24) is 25.2 Å². The van der Waals surface area contributed by atoms with Crippen molar-refractivity contribution >= 4 is 28.1 Å². The van der Waals surface area contributed by atoms with E-state index in [2.05, 4.69) is 26.8 Å². The summed E-state index contributed by atoms with van der Waals surface area (Å²) in [4.78, 5) is 17.0. The lowest BCUT2D eigenvalue weighted by molar-refractivity contribution is -0.137. The summed E-state index contributed by atoms with van der Waals surface area (Å²) in [6, 6.07) is 0.727. The summed E-state index contributed by atoms with van der Waals surface area (Å²) in [6.07, 6.45) is -2.08. The van der Waals surface area contributed by atoms with Gasteiger partial charge in [-0.15, -0.1) is 0 Å². The molecule has 5 aliphatic rings. The molecule has 8 nitrogen and oxygen atoms in total. The van der Waals surface area contributed by atoms with Crippen LogP contribution >= 0.6 is 0 Å². The van der Waals surface area contributed by atoms with Crippen LogP contribution in [0.15, 0.2) is 12.6 Å². The third kappa shape index (κ3) is 4.39. The minimum absolute atomic E-state index is 0.0209. The number of fused-ring (bicyclic) bond motifs is 6. The van der Waals surface area contributed by atoms with Crippen LogP contribution in [0.25, 0.3) is 27.7 Å². The Morgan fingerprint density at radius 3 is 2.72 bits per heavy atom. The van der Waals surface area contributed by atoms with Gasteiger partial charge in [0.1, 0.15) is 35.7 Å². The molecule has 0 spiro atoms. The molecule has 2 aromatic heterocycles. The number of nitrogen functional groups attached to an aromatic ring is 1. The van der Waals surface area contributed by atoms with Crippen molar-refractivity contribution < 1.29 is 31.1 Å². The van der Waals surface area contributed by atoms with Crippen LogP contribution in [-0.2, 0) is 6.18 Å². The van der Waals surface area contributed by atoms with Gasteiger partial charge in [0.05, 0.1) is 27.7 Å². The fraction of sp³-hybridized carbons (Fsp3) is 0.531. The number of aromatic nitrogens is 3. The molecule has 0 aliphatic carbocycles. The van der Waals surface area contributed by atoms with Crippen molar-refractivity contribution in [2.75, 3.05) is 36.9 Å². The average Bonchev–Trinajstić information content (AvgIpc) is 3.61. The first-order valence-corrected chi connectivity index (χ1v) is 15.6. The summed E-state index contributed by atoms with van der Waals surface area (Å²) in [6.45, 7) is 6.90. The third-order valence-electron chi connectivity index (χ3n) is 10.6. The first-order valence-electron chi connectivity index (χ1n) is 15.6. The van der Waals surface area contributed by atoms with Gasteiger partial charge in [-0.25, -0.2) is 18.2 Å². The maximum absolute atomic E-state index is 16.9. The molecule has 4 fully saturated rings. The smallest absolute Gasteiger partial charge is 0.418 e. The van der Waals surface area contributed by atoms with Crippen molar-refractivity contribution in [3.63, 3.8) is 0 Å². The zero-order valence-electron chi connectivity index (χ0n) is 25.2. The van der Waals surface area contributed by atoms with Gasteiger partial charge in [-0.1, -0.05) is 6.58 Å². The molecule has 46 heavy (non-hydrogen) atoms. The normalized spacial score (nSPS) is 28.9. The van der Waals surface area contributed by atoms with Gasteiger partial charge in [-0.05, 0) is 62.8 Å². The Labute approximate surface area is 261 Å². The van der Waals surface area contributed by atoms with Crippen LogP contribution in [0.2, 0.25) is 0 Å². The number of anilines is 2. The number of halogens is 6. The number of nitrogens with two attached hydrogens (primary N) is 1. The van der Waals surface area contributed by atoms with Crippen LogP contribution in [0.5, 0.6) is 6.01 Å². The van der Waals surface area contributed by atoms with Crippen molar-refractivity contribution in [3.05, 3.63) is 41.0 Å². The van der Waals surface area contributed by atoms with Gasteiger partial charge in [-0.2, -0.15) is 23.1 Å². The van der Waals surface area contributed by atoms with E-state index in [1.54, 1.807) is 0 Å². The van der Waals surface area contributed by atoms with Crippen LogP contribution in [0, 0.1) is 18.6 Å². The Morgan fingerprint density at radius 2 is 1.93 bits per heavy atom. The van der Waals surface area contributed by atoms with Crippen LogP contribution in [-0.4, -0.2) is 75.9 Å². The average molecular weight is 646 g/mol. The molecule has 0 saturated carbocycles. The second kappa shape index (κ2) is 10.2. The third-order valence-corrected chi connectivity index (χ3v) is 10.6. The van der Waals surface area contributed by atoms with Crippen LogP contribution in [0.3, 0.4) is 0 Å². The molecule has 1 unspecified atom stereocenters. The van der Waals surface area contributed by atoms with E-state index in [1.165, 1.54) is 0 Å². The molecule has 7 heterocycles. The monoisotopic (exact) mass is 645 g/mol. The van der Waals surface area contributed by atoms with Gasteiger partial charge < -0.3 is 20.7 Å². The van der Waals surface area contributed by atoms with Crippen LogP contribution < -0.4 is 20.7 Å². The minimum Gasteiger partial charge on any atom is -0.461 e. The highest BCUT2D eigenvalue weighted by Crippen LogP contribution is 2.49. The Bertz CT molecular complexity index is 1800. The number of hydrogen-bond donors (Lipinski definition) is 2. The lowest BCUT2D eigenvalue weighted by Gasteiger charge is -2.41. The van der Waals surface area contributed by atoms with E-state index >= 15 is 8.78 Å². The van der Waals surface area contributed by atoms with E-state index in [0.29, 0.717) is 19.5 Å². The maximum atomic E-state index is 16.9. The van der Waals surface area contributed by atoms with E-state index in [4.69, 9.17) is 15.5 Å². The highest BCUT2D eigenvalue weighted by Gasteiger charge is 2.50. The lowest BCUT2D eigenvalue weighted by atomic mass is 9.90. The molecule has 3 N–H and O–H groups in total. The minimum atomic E-state index is -4.99. The molecule has 5 aliphatic heterocycles. The van der Waals surface area contributed by atoms with Crippen LogP contribution in [0.1, 0.15) is 55.2 Å². The van der Waals surface area contributed by atoms with Crippen molar-refractivity contribution in [1.29, 1.82) is 0 Å². The quantitative estimate of drug-likeness (QED) is 0.357. The Balaban J connectivity index is 1.36. The van der Waals surface area contributed by atoms with Gasteiger partial charge in [0.2, 0.25) is 0 Å². The molecule has 4 saturated heterocycles. The second-order valence-electron chi connectivity index (χ2n) is 13.5. The number of hydrogen-bond acceptors (Lipinski definition) is 8. The maximum Gasteiger partial charge on any atom is 0.418 e. The zero-order valence-corrected chi connectivity index (χ0v) is 25.2. The van der Waals surface area contributed by atoms with E-state index in [0.717, 1.165) is 38.8 Å². The van der Waals surface area contributed by atoms with Crippen molar-refractivity contribution in [3.8, 4) is 17.3 Å². The molecule has 3 aromatic rings. The number of nitrogens with one attached hydrogen (secondary N) is 1. The highest BCUT2D eigenvalue weighted by atomic mass is 19.4. The number of nitrogens with zero attached hydrogens (tertiary/aromatic N) is 5. The molecule has 0 amide bonds. The first kappa shape index (κ1) is 29.7. The van der Waals surface area contributed by atoms with E-state index in [-0.39, 0.29) is 77.3 Å². The molecule has 14 heteroatoms. The van der Waals surface area contributed by atoms with Gasteiger partial charge in [0.25, 0.3) is 0 Å². The number of ether oxygens (including phenoxy) is 1. The lowest BCUT2D eigenvalue weighted by Crippen LogP contribution is -2.58. The number of alkyl halides is 4. The number of benzene rings is 1. The molecular weight excluding hydrogens is 612 g/mol. The standard InChI is InChI=1S/C32H33F6N7O/c1-14-8-19-18-5-4-17(40-18)12-45(19)29-22-21(14)25(34)23(27-24(32(36,37)38)15(2)9-20(39)41-27)26(35)28(22)42-30(43-29)46-13-31-6-3-7-44(31)11-16(33)10-31/h9,16-19,40H,1,3-8,10-13H2,2H3,(H2,39,41)/t16-,17+,18?,19+,31+/m1/s1. The molecule has 1 aromatic carbocycles. The Hall–Kier alpha value is -3.65. The fourth-order valence-electron chi connectivity index (χ4n) is 8.70. The van der Waals surface area contributed by atoms with Gasteiger partial charge >= 0.3 is 12.2 Å². The summed E-state index contributed by atoms with van der Waals surface area (Å²) >= 11 is 0. The number of aryl methyl sites for hydroxylation is 1. The zero-order chi connectivity index (χ0) is 32.3. The largest absolute Gasteiger partial charge is 0.461 e. The number of piperazine rings is 1. The molecule has 2 bridgehead atoms. The summed E-state index contributed by atoms with van der Waals surface area (Å²) in [5, 5.41) is 3.61. The number of pyridine rings is 1. The Morgan fingerprint density at radius 1 is 1.13 bits per heavy atom.